The standard InChI is InChI=1S/C19H17ClN6/c1-13-8-14(2)10-16(9-13)26-18(20)17(11-21-26)19-22-24-25(23-19)12-15-6-4-3-5-7-15/h3-11H,12H2,1-2H3. The smallest absolute Gasteiger partial charge is 0.209 e. The van der Waals surface area contributed by atoms with Gasteiger partial charge in [-0.3, -0.25) is 0 Å². The van der Waals surface area contributed by atoms with E-state index in [0.29, 0.717) is 23.1 Å². The molecule has 0 bridgehead atoms. The Bertz CT molecular complexity index is 1030. The predicted molar refractivity (Wildman–Crippen MR) is 100 cm³/mol. The maximum atomic E-state index is 6.55. The van der Waals surface area contributed by atoms with Crippen LogP contribution in [-0.2, 0) is 6.54 Å². The zero-order valence-corrected chi connectivity index (χ0v) is 15.2. The van der Waals surface area contributed by atoms with Crippen LogP contribution in [0.15, 0.2) is 54.7 Å². The lowest BCUT2D eigenvalue weighted by Crippen LogP contribution is -2.03. The molecule has 7 heteroatoms. The molecule has 0 saturated heterocycles. The van der Waals surface area contributed by atoms with Gasteiger partial charge in [0.1, 0.15) is 5.15 Å². The summed E-state index contributed by atoms with van der Waals surface area (Å²) in [6.45, 7) is 4.65. The Balaban J connectivity index is 1.64. The van der Waals surface area contributed by atoms with E-state index >= 15 is 0 Å². The van der Waals surface area contributed by atoms with Gasteiger partial charge >= 0.3 is 0 Å². The highest BCUT2D eigenvalue weighted by atomic mass is 35.5. The highest BCUT2D eigenvalue weighted by Crippen LogP contribution is 2.27. The summed E-state index contributed by atoms with van der Waals surface area (Å²) in [5.74, 6) is 0.460. The molecular weight excluding hydrogens is 348 g/mol. The van der Waals surface area contributed by atoms with Crippen LogP contribution in [0.1, 0.15) is 16.7 Å². The monoisotopic (exact) mass is 364 g/mol. The molecule has 0 aliphatic rings. The Kier molecular flexibility index (Phi) is 4.26. The Morgan fingerprint density at radius 3 is 2.46 bits per heavy atom. The van der Waals surface area contributed by atoms with E-state index in [1.54, 1.807) is 15.7 Å². The lowest BCUT2D eigenvalue weighted by Gasteiger charge is -2.06. The first-order valence-electron chi connectivity index (χ1n) is 8.24. The molecule has 0 atom stereocenters. The Hall–Kier alpha value is -2.99. The molecule has 0 saturated carbocycles. The number of aromatic nitrogens is 6. The first kappa shape index (κ1) is 16.5. The van der Waals surface area contributed by atoms with Crippen molar-refractivity contribution in [3.63, 3.8) is 0 Å². The van der Waals surface area contributed by atoms with Gasteiger partial charge < -0.3 is 0 Å². The van der Waals surface area contributed by atoms with Crippen molar-refractivity contribution in [2.75, 3.05) is 0 Å². The van der Waals surface area contributed by atoms with Crippen LogP contribution in [0.4, 0.5) is 0 Å². The molecule has 130 valence electrons. The van der Waals surface area contributed by atoms with Gasteiger partial charge in [-0.2, -0.15) is 9.90 Å². The van der Waals surface area contributed by atoms with Crippen molar-refractivity contribution in [2.24, 2.45) is 0 Å². The number of aryl methyl sites for hydroxylation is 2. The lowest BCUT2D eigenvalue weighted by molar-refractivity contribution is 0.573. The molecule has 4 rings (SSSR count). The van der Waals surface area contributed by atoms with E-state index in [1.807, 2.05) is 56.3 Å². The minimum Gasteiger partial charge on any atom is -0.221 e. The number of hydrogen-bond donors (Lipinski definition) is 0. The third-order valence-electron chi connectivity index (χ3n) is 4.02. The van der Waals surface area contributed by atoms with Gasteiger partial charge in [-0.1, -0.05) is 48.0 Å². The van der Waals surface area contributed by atoms with E-state index in [1.165, 1.54) is 0 Å². The van der Waals surface area contributed by atoms with Crippen molar-refractivity contribution in [1.29, 1.82) is 0 Å². The maximum absolute atomic E-state index is 6.55. The van der Waals surface area contributed by atoms with Crippen molar-refractivity contribution in [3.8, 4) is 17.1 Å². The van der Waals surface area contributed by atoms with Crippen molar-refractivity contribution in [3.05, 3.63) is 76.6 Å². The second-order valence-corrected chi connectivity index (χ2v) is 6.59. The highest BCUT2D eigenvalue weighted by Gasteiger charge is 2.17. The van der Waals surface area contributed by atoms with Crippen LogP contribution < -0.4 is 0 Å². The summed E-state index contributed by atoms with van der Waals surface area (Å²) >= 11 is 6.55. The fourth-order valence-electron chi connectivity index (χ4n) is 2.90. The summed E-state index contributed by atoms with van der Waals surface area (Å²) in [5.41, 5.74) is 4.98. The van der Waals surface area contributed by atoms with Crippen molar-refractivity contribution < 1.29 is 0 Å². The second kappa shape index (κ2) is 6.72. The van der Waals surface area contributed by atoms with Crippen molar-refractivity contribution in [2.45, 2.75) is 20.4 Å². The molecule has 26 heavy (non-hydrogen) atoms. The van der Waals surface area contributed by atoms with Gasteiger partial charge in [-0.15, -0.1) is 10.2 Å². The summed E-state index contributed by atoms with van der Waals surface area (Å²) in [6, 6.07) is 16.2. The molecule has 0 radical (unpaired) electrons. The number of nitrogens with zero attached hydrogens (tertiary/aromatic N) is 6. The molecule has 2 heterocycles. The average molecular weight is 365 g/mol. The first-order valence-corrected chi connectivity index (χ1v) is 8.62. The number of halogens is 1. The molecule has 0 unspecified atom stereocenters. The first-order chi connectivity index (χ1) is 12.6. The average Bonchev–Trinajstić information content (AvgIpc) is 3.21. The minimum atomic E-state index is 0.460. The molecule has 6 nitrogen and oxygen atoms in total. The molecule has 0 aliphatic heterocycles. The summed E-state index contributed by atoms with van der Waals surface area (Å²) in [5, 5.41) is 17.6. The zero-order chi connectivity index (χ0) is 18.1. The third kappa shape index (κ3) is 3.23. The Morgan fingerprint density at radius 1 is 1.00 bits per heavy atom. The minimum absolute atomic E-state index is 0.460. The molecule has 2 aromatic heterocycles. The van der Waals surface area contributed by atoms with Crippen molar-refractivity contribution >= 4 is 11.6 Å². The van der Waals surface area contributed by atoms with E-state index in [9.17, 15) is 0 Å². The summed E-state index contributed by atoms with van der Waals surface area (Å²) < 4.78 is 1.69. The van der Waals surface area contributed by atoms with Gasteiger partial charge in [0.25, 0.3) is 0 Å². The molecule has 0 aliphatic carbocycles. The highest BCUT2D eigenvalue weighted by molar-refractivity contribution is 6.32. The lowest BCUT2D eigenvalue weighted by atomic mass is 10.1. The fourth-order valence-corrected chi connectivity index (χ4v) is 3.18. The fraction of sp³-hybridized carbons (Fsp3) is 0.158. The Labute approximate surface area is 156 Å². The van der Waals surface area contributed by atoms with E-state index in [-0.39, 0.29) is 0 Å². The van der Waals surface area contributed by atoms with Gasteiger partial charge in [0.05, 0.1) is 24.0 Å². The number of benzene rings is 2. The number of tetrazole rings is 1. The van der Waals surface area contributed by atoms with Crippen LogP contribution in [-0.4, -0.2) is 30.0 Å². The molecule has 2 aromatic carbocycles. The van der Waals surface area contributed by atoms with Crippen molar-refractivity contribution in [1.82, 2.24) is 30.0 Å². The quantitative estimate of drug-likeness (QED) is 0.552. The summed E-state index contributed by atoms with van der Waals surface area (Å²) in [6.07, 6.45) is 1.67. The summed E-state index contributed by atoms with van der Waals surface area (Å²) in [4.78, 5) is 1.55. The van der Waals surface area contributed by atoms with E-state index in [0.717, 1.165) is 22.4 Å². The largest absolute Gasteiger partial charge is 0.221 e. The Morgan fingerprint density at radius 2 is 1.73 bits per heavy atom. The van der Waals surface area contributed by atoms with Gasteiger partial charge in [0, 0.05) is 0 Å². The predicted octanol–water partition coefficient (Wildman–Crippen LogP) is 3.84. The molecule has 0 spiro atoms. The number of hydrogen-bond acceptors (Lipinski definition) is 4. The van der Waals surface area contributed by atoms with Gasteiger partial charge in [-0.05, 0) is 47.9 Å². The van der Waals surface area contributed by atoms with Crippen LogP contribution in [0.3, 0.4) is 0 Å². The van der Waals surface area contributed by atoms with E-state index < -0.39 is 0 Å². The van der Waals surface area contributed by atoms with Gasteiger partial charge in [0.2, 0.25) is 5.82 Å². The molecule has 0 fully saturated rings. The van der Waals surface area contributed by atoms with Gasteiger partial charge in [-0.25, -0.2) is 4.68 Å². The van der Waals surface area contributed by atoms with E-state index in [2.05, 4.69) is 26.6 Å². The summed E-state index contributed by atoms with van der Waals surface area (Å²) in [7, 11) is 0. The van der Waals surface area contributed by atoms with Gasteiger partial charge in [0.15, 0.2) is 0 Å². The maximum Gasteiger partial charge on any atom is 0.209 e. The topological polar surface area (TPSA) is 61.4 Å². The van der Waals surface area contributed by atoms with Crippen LogP contribution in [0, 0.1) is 13.8 Å². The van der Waals surface area contributed by atoms with Crippen LogP contribution in [0.2, 0.25) is 5.15 Å². The number of rotatable bonds is 4. The second-order valence-electron chi connectivity index (χ2n) is 6.24. The molecular formula is C19H17ClN6. The SMILES string of the molecule is Cc1cc(C)cc(-n2ncc(-c3nnn(Cc4ccccc4)n3)c2Cl)c1. The van der Waals surface area contributed by atoms with Crippen LogP contribution >= 0.6 is 11.6 Å². The zero-order valence-electron chi connectivity index (χ0n) is 14.5. The van der Waals surface area contributed by atoms with E-state index in [4.69, 9.17) is 11.6 Å². The molecule has 4 aromatic rings. The van der Waals surface area contributed by atoms with Crippen LogP contribution in [0.5, 0.6) is 0 Å². The normalized spacial score (nSPS) is 11.0. The molecule has 0 N–H and O–H groups in total. The third-order valence-corrected chi connectivity index (χ3v) is 4.39. The molecule has 0 amide bonds. The van der Waals surface area contributed by atoms with Crippen LogP contribution in [0.25, 0.3) is 17.1 Å².